The average Bonchev–Trinajstić information content (AvgIpc) is 3.42. The molecule has 0 aliphatic carbocycles. The topological polar surface area (TPSA) is 95.4 Å². The van der Waals surface area contributed by atoms with Crippen LogP contribution in [-0.4, -0.2) is 51.9 Å². The smallest absolute Gasteiger partial charge is 0.256 e. The van der Waals surface area contributed by atoms with Crippen molar-refractivity contribution < 1.29 is 18.4 Å². The first-order chi connectivity index (χ1) is 18.2. The van der Waals surface area contributed by atoms with E-state index < -0.39 is 11.6 Å². The first kappa shape index (κ1) is 24.1. The third-order valence-electron chi connectivity index (χ3n) is 7.65. The second-order valence-electron chi connectivity index (χ2n) is 9.69. The van der Waals surface area contributed by atoms with Crippen LogP contribution in [0.2, 0.25) is 0 Å². The largest absolute Gasteiger partial charge is 0.389 e. The number of piperazine rings is 1. The molecule has 6 rings (SSSR count). The van der Waals surface area contributed by atoms with Gasteiger partial charge < -0.3 is 20.1 Å². The number of anilines is 1. The van der Waals surface area contributed by atoms with E-state index in [4.69, 9.17) is 5.73 Å². The molecular formula is C28H23F2N5O2S. The number of aromatic nitrogens is 1. The molecule has 4 heterocycles. The van der Waals surface area contributed by atoms with Gasteiger partial charge in [-0.15, -0.1) is 11.3 Å². The Morgan fingerprint density at radius 1 is 1.21 bits per heavy atom. The number of nitrogens with two attached hydrogens (primary N) is 1. The third-order valence-corrected chi connectivity index (χ3v) is 8.67. The molecule has 0 spiro atoms. The second-order valence-corrected chi connectivity index (χ2v) is 10.7. The Kier molecular flexibility index (Phi) is 5.50. The van der Waals surface area contributed by atoms with E-state index in [1.165, 1.54) is 24.3 Å². The summed E-state index contributed by atoms with van der Waals surface area (Å²) in [7, 11) is 0. The van der Waals surface area contributed by atoms with Crippen LogP contribution in [0.15, 0.2) is 37.1 Å². The number of carbonyl (C=O) groups excluding carboxylic acids is 2. The van der Waals surface area contributed by atoms with Crippen molar-refractivity contribution in [3.8, 4) is 17.2 Å². The number of amides is 2. The highest BCUT2D eigenvalue weighted by Gasteiger charge is 2.36. The van der Waals surface area contributed by atoms with E-state index in [-0.39, 0.29) is 49.6 Å². The van der Waals surface area contributed by atoms with Crippen molar-refractivity contribution in [3.05, 3.63) is 65.4 Å². The normalized spacial score (nSPS) is 17.3. The van der Waals surface area contributed by atoms with Crippen molar-refractivity contribution in [1.29, 1.82) is 5.26 Å². The van der Waals surface area contributed by atoms with Gasteiger partial charge in [0, 0.05) is 48.7 Å². The van der Waals surface area contributed by atoms with E-state index in [0.717, 1.165) is 16.9 Å². The van der Waals surface area contributed by atoms with Gasteiger partial charge in [0.05, 0.1) is 27.4 Å². The maximum absolute atomic E-state index is 16.1. The number of nitrogens with zero attached hydrogens (tertiary/aromatic N) is 4. The zero-order chi connectivity index (χ0) is 26.9. The summed E-state index contributed by atoms with van der Waals surface area (Å²) >= 11 is 0.959. The molecule has 38 heavy (non-hydrogen) atoms. The summed E-state index contributed by atoms with van der Waals surface area (Å²) in [4.78, 5) is 29.5. The van der Waals surface area contributed by atoms with Crippen LogP contribution >= 0.6 is 11.3 Å². The van der Waals surface area contributed by atoms with Crippen molar-refractivity contribution in [2.75, 3.05) is 25.4 Å². The van der Waals surface area contributed by atoms with Crippen LogP contribution in [0.4, 0.5) is 13.8 Å². The maximum Gasteiger partial charge on any atom is 0.256 e. The molecule has 1 fully saturated rings. The van der Waals surface area contributed by atoms with E-state index in [0.29, 0.717) is 49.1 Å². The van der Waals surface area contributed by atoms with Crippen LogP contribution in [0.25, 0.3) is 32.1 Å². The molecular weight excluding hydrogens is 508 g/mol. The number of hydrogen-bond acceptors (Lipinski definition) is 5. The molecule has 2 aliphatic rings. The van der Waals surface area contributed by atoms with Crippen LogP contribution in [0.1, 0.15) is 27.9 Å². The van der Waals surface area contributed by atoms with Gasteiger partial charge in [-0.3, -0.25) is 9.59 Å². The number of carbonyl (C=O) groups is 2. The second kappa shape index (κ2) is 8.67. The summed E-state index contributed by atoms with van der Waals surface area (Å²) in [6.07, 6.45) is 3.78. The number of halogens is 2. The summed E-state index contributed by atoms with van der Waals surface area (Å²) in [5, 5.41) is 10.8. The van der Waals surface area contributed by atoms with Gasteiger partial charge in [-0.2, -0.15) is 5.26 Å². The minimum atomic E-state index is -0.638. The number of hydrogen-bond donors (Lipinski definition) is 1. The predicted molar refractivity (Wildman–Crippen MR) is 143 cm³/mol. The van der Waals surface area contributed by atoms with Crippen LogP contribution in [0.5, 0.6) is 0 Å². The van der Waals surface area contributed by atoms with Crippen molar-refractivity contribution >= 4 is 49.1 Å². The highest BCUT2D eigenvalue weighted by molar-refractivity contribution is 7.23. The number of rotatable bonds is 2. The third kappa shape index (κ3) is 3.35. The summed E-state index contributed by atoms with van der Waals surface area (Å²) in [5.41, 5.74) is 8.31. The van der Waals surface area contributed by atoms with E-state index in [1.54, 1.807) is 9.80 Å². The molecule has 192 valence electrons. The quantitative estimate of drug-likeness (QED) is 0.376. The average molecular weight is 532 g/mol. The number of benzene rings is 2. The molecule has 2 amide bonds. The molecule has 10 heteroatoms. The van der Waals surface area contributed by atoms with Gasteiger partial charge in [0.1, 0.15) is 22.7 Å². The van der Waals surface area contributed by atoms with Gasteiger partial charge in [0.15, 0.2) is 0 Å². The molecule has 0 radical (unpaired) electrons. The van der Waals surface area contributed by atoms with Gasteiger partial charge in [-0.25, -0.2) is 8.78 Å². The van der Waals surface area contributed by atoms with E-state index in [1.807, 2.05) is 23.8 Å². The van der Waals surface area contributed by atoms with Crippen molar-refractivity contribution in [2.45, 2.75) is 25.9 Å². The van der Waals surface area contributed by atoms with Crippen molar-refractivity contribution in [3.63, 3.8) is 0 Å². The summed E-state index contributed by atoms with van der Waals surface area (Å²) < 4.78 is 33.0. The molecule has 2 aromatic heterocycles. The first-order valence-corrected chi connectivity index (χ1v) is 13.0. The fourth-order valence-electron chi connectivity index (χ4n) is 5.94. The lowest BCUT2D eigenvalue weighted by molar-refractivity contribution is -0.128. The fourth-order valence-corrected chi connectivity index (χ4v) is 6.89. The molecule has 2 N–H and O–H groups in total. The highest BCUT2D eigenvalue weighted by Crippen LogP contribution is 2.45. The maximum atomic E-state index is 16.1. The first-order valence-electron chi connectivity index (χ1n) is 12.2. The molecule has 0 bridgehead atoms. The van der Waals surface area contributed by atoms with E-state index >= 15 is 4.39 Å². The predicted octanol–water partition coefficient (Wildman–Crippen LogP) is 4.81. The SMILES string of the molecule is C=CC(=O)N1CCN2C(=O)c3cc(F)c(-c4ccc(F)c5sc(N)c(C#N)c45)c4c(C)cn(c34)CC[C@@H]2C1. The number of thiophene rings is 1. The highest BCUT2D eigenvalue weighted by atomic mass is 32.1. The Balaban J connectivity index is 1.57. The van der Waals surface area contributed by atoms with Crippen LogP contribution in [0, 0.1) is 29.9 Å². The van der Waals surface area contributed by atoms with Gasteiger partial charge in [0.2, 0.25) is 5.91 Å². The van der Waals surface area contributed by atoms with E-state index in [2.05, 4.69) is 6.58 Å². The number of fused-ring (bicyclic) bond motifs is 2. The molecule has 0 saturated carbocycles. The Morgan fingerprint density at radius 2 is 2.00 bits per heavy atom. The van der Waals surface area contributed by atoms with Gasteiger partial charge in [-0.05, 0) is 42.7 Å². The Bertz CT molecular complexity index is 1750. The lowest BCUT2D eigenvalue weighted by Gasteiger charge is -2.42. The van der Waals surface area contributed by atoms with Gasteiger partial charge in [-0.1, -0.05) is 12.6 Å². The van der Waals surface area contributed by atoms with Gasteiger partial charge >= 0.3 is 0 Å². The minimum Gasteiger partial charge on any atom is -0.389 e. The molecule has 4 aromatic rings. The minimum absolute atomic E-state index is 0.111. The monoisotopic (exact) mass is 531 g/mol. The van der Waals surface area contributed by atoms with E-state index in [9.17, 15) is 19.2 Å². The summed E-state index contributed by atoms with van der Waals surface area (Å²) in [5.74, 6) is -1.64. The summed E-state index contributed by atoms with van der Waals surface area (Å²) in [6, 6.07) is 5.80. The molecule has 1 saturated heterocycles. The van der Waals surface area contributed by atoms with Crippen LogP contribution in [-0.2, 0) is 11.3 Å². The lowest BCUT2D eigenvalue weighted by atomic mass is 9.92. The molecule has 1 atom stereocenters. The van der Waals surface area contributed by atoms with Gasteiger partial charge in [0.25, 0.3) is 5.91 Å². The molecule has 2 aliphatic heterocycles. The van der Waals surface area contributed by atoms with Crippen LogP contribution < -0.4 is 5.73 Å². The zero-order valence-corrected chi connectivity index (χ0v) is 21.4. The Hall–Kier alpha value is -4.23. The lowest BCUT2D eigenvalue weighted by Crippen LogP contribution is -2.57. The molecule has 0 unspecified atom stereocenters. The molecule has 2 aromatic carbocycles. The Labute approximate surface area is 220 Å². The van der Waals surface area contributed by atoms with Crippen LogP contribution in [0.3, 0.4) is 0 Å². The number of aryl methyl sites for hydroxylation is 2. The zero-order valence-electron chi connectivity index (χ0n) is 20.6. The van der Waals surface area contributed by atoms with Crippen molar-refractivity contribution in [2.24, 2.45) is 0 Å². The number of nitriles is 1. The Morgan fingerprint density at radius 3 is 2.74 bits per heavy atom. The van der Waals surface area contributed by atoms with Crippen molar-refractivity contribution in [1.82, 2.24) is 14.4 Å². The number of nitrogen functional groups attached to an aromatic ring is 1. The molecule has 7 nitrogen and oxygen atoms in total. The fraction of sp³-hybridized carbons (Fsp3) is 0.250. The summed E-state index contributed by atoms with van der Waals surface area (Å²) in [6.45, 7) is 7.07. The standard InChI is InChI=1S/C28H23F2N5O2S/c1-3-21(36)33-8-9-35-15(13-33)6-7-34-12-14(2)22-24(20(30)10-17(25(22)34)28(35)37)16-4-5-19(29)26-23(16)18(11-31)27(32)38-26/h3-5,10,12,15H,1,6-9,13,32H2,2H3/t15-/m1/s1.